The van der Waals surface area contributed by atoms with Gasteiger partial charge in [-0.1, -0.05) is 17.3 Å². The Hall–Kier alpha value is -4.42. The first-order chi connectivity index (χ1) is 17.8. The Bertz CT molecular complexity index is 1320. The summed E-state index contributed by atoms with van der Waals surface area (Å²) in [6.45, 7) is 6.24. The topological polar surface area (TPSA) is 124 Å². The summed E-state index contributed by atoms with van der Waals surface area (Å²) < 4.78 is 52.9. The van der Waals surface area contributed by atoms with Crippen LogP contribution in [0.4, 0.5) is 29.3 Å². The zero-order valence-electron chi connectivity index (χ0n) is 21.0. The molecule has 13 heteroatoms. The van der Waals surface area contributed by atoms with Gasteiger partial charge in [-0.05, 0) is 45.9 Å². The summed E-state index contributed by atoms with van der Waals surface area (Å²) in [5, 5.41) is 12.2. The van der Waals surface area contributed by atoms with E-state index in [1.165, 1.54) is 29.9 Å². The van der Waals surface area contributed by atoms with Crippen LogP contribution < -0.4 is 15.4 Å². The molecule has 3 rings (SSSR count). The minimum atomic E-state index is -4.83. The molecule has 38 heavy (non-hydrogen) atoms. The molecule has 0 aliphatic carbocycles. The molecule has 202 valence electrons. The highest BCUT2D eigenvalue weighted by Crippen LogP contribution is 2.41. The Morgan fingerprint density at radius 3 is 2.34 bits per heavy atom. The number of alkyl halides is 3. The van der Waals surface area contributed by atoms with E-state index >= 15 is 0 Å². The van der Waals surface area contributed by atoms with E-state index in [2.05, 4.69) is 20.9 Å². The van der Waals surface area contributed by atoms with E-state index in [-0.39, 0.29) is 23.5 Å². The largest absolute Gasteiger partial charge is 0.493 e. The van der Waals surface area contributed by atoms with Crippen LogP contribution in [0.3, 0.4) is 0 Å². The third-order valence-corrected chi connectivity index (χ3v) is 4.81. The van der Waals surface area contributed by atoms with Crippen molar-refractivity contribution in [2.75, 3.05) is 17.2 Å². The van der Waals surface area contributed by atoms with Crippen molar-refractivity contribution >= 4 is 29.2 Å². The van der Waals surface area contributed by atoms with E-state index in [9.17, 15) is 27.6 Å². The lowest BCUT2D eigenvalue weighted by atomic mass is 10.1. The molecule has 3 aromatic rings. The molecule has 0 bridgehead atoms. The van der Waals surface area contributed by atoms with Crippen LogP contribution in [0, 0.1) is 0 Å². The van der Waals surface area contributed by atoms with Crippen molar-refractivity contribution in [3.05, 3.63) is 59.9 Å². The fourth-order valence-corrected chi connectivity index (χ4v) is 3.31. The average Bonchev–Trinajstić information content (AvgIpc) is 3.34. The standard InChI is InChI=1S/C25H26F3N5O5/c1-5-37-21-13-19(31-23(36)38-24(2,3)4)18(12-17(21)25(26,27)28)30-22(35)14-20(34)15-7-6-8-16(11-15)33-10-9-29-32-33/h6-13H,5,14H2,1-4H3,(H,30,35)(H,31,36). The molecular formula is C25H26F3N5O5. The number of aromatic nitrogens is 3. The number of rotatable bonds is 8. The van der Waals surface area contributed by atoms with E-state index in [0.29, 0.717) is 11.8 Å². The number of halogens is 3. The molecule has 0 saturated heterocycles. The zero-order chi connectivity index (χ0) is 28.1. The molecule has 0 radical (unpaired) electrons. The summed E-state index contributed by atoms with van der Waals surface area (Å²) >= 11 is 0. The van der Waals surface area contributed by atoms with Gasteiger partial charge in [0.1, 0.15) is 11.4 Å². The van der Waals surface area contributed by atoms with E-state index in [1.54, 1.807) is 39.1 Å². The molecule has 0 unspecified atom stereocenters. The fourth-order valence-electron chi connectivity index (χ4n) is 3.31. The molecule has 0 spiro atoms. The summed E-state index contributed by atoms with van der Waals surface area (Å²) in [6, 6.07) is 7.83. The summed E-state index contributed by atoms with van der Waals surface area (Å²) in [5.41, 5.74) is -1.95. The Morgan fingerprint density at radius 2 is 1.74 bits per heavy atom. The van der Waals surface area contributed by atoms with Crippen molar-refractivity contribution in [3.63, 3.8) is 0 Å². The molecule has 2 amide bonds. The van der Waals surface area contributed by atoms with E-state index in [4.69, 9.17) is 9.47 Å². The first-order valence-corrected chi connectivity index (χ1v) is 11.4. The molecule has 1 aromatic heterocycles. The van der Waals surface area contributed by atoms with Gasteiger partial charge in [-0.15, -0.1) is 5.10 Å². The Kier molecular flexibility index (Phi) is 8.39. The zero-order valence-corrected chi connectivity index (χ0v) is 21.0. The van der Waals surface area contributed by atoms with Crippen LogP contribution in [-0.4, -0.2) is 45.0 Å². The van der Waals surface area contributed by atoms with Gasteiger partial charge >= 0.3 is 12.3 Å². The van der Waals surface area contributed by atoms with Crippen molar-refractivity contribution in [1.29, 1.82) is 0 Å². The highest BCUT2D eigenvalue weighted by atomic mass is 19.4. The number of amides is 2. The van der Waals surface area contributed by atoms with Gasteiger partial charge in [0.15, 0.2) is 5.78 Å². The maximum absolute atomic E-state index is 13.7. The summed E-state index contributed by atoms with van der Waals surface area (Å²) in [5.74, 6) is -2.04. The van der Waals surface area contributed by atoms with E-state index in [0.717, 1.165) is 6.07 Å². The number of hydrogen-bond donors (Lipinski definition) is 2. The van der Waals surface area contributed by atoms with Crippen LogP contribution in [0.25, 0.3) is 5.69 Å². The Balaban J connectivity index is 1.88. The molecule has 0 atom stereocenters. The number of nitrogens with one attached hydrogen (secondary N) is 2. The Labute approximate surface area is 216 Å². The van der Waals surface area contributed by atoms with Gasteiger partial charge in [-0.3, -0.25) is 14.9 Å². The lowest BCUT2D eigenvalue weighted by Crippen LogP contribution is -2.28. The van der Waals surface area contributed by atoms with Gasteiger partial charge < -0.3 is 14.8 Å². The molecule has 2 N–H and O–H groups in total. The SMILES string of the molecule is CCOc1cc(NC(=O)OC(C)(C)C)c(NC(=O)CC(=O)c2cccc(-n3ccnn3)c2)cc1C(F)(F)F. The highest BCUT2D eigenvalue weighted by molar-refractivity contribution is 6.12. The maximum Gasteiger partial charge on any atom is 0.420 e. The second-order valence-corrected chi connectivity index (χ2v) is 9.00. The second-order valence-electron chi connectivity index (χ2n) is 9.00. The quantitative estimate of drug-likeness (QED) is 0.300. The predicted molar refractivity (Wildman–Crippen MR) is 131 cm³/mol. The van der Waals surface area contributed by atoms with Crippen molar-refractivity contribution in [2.45, 2.75) is 45.9 Å². The predicted octanol–water partition coefficient (Wildman–Crippen LogP) is 5.24. The van der Waals surface area contributed by atoms with Gasteiger partial charge in [0.05, 0.1) is 48.0 Å². The smallest absolute Gasteiger partial charge is 0.420 e. The van der Waals surface area contributed by atoms with Crippen LogP contribution in [0.1, 0.15) is 50.0 Å². The summed E-state index contributed by atoms with van der Waals surface area (Å²) in [4.78, 5) is 37.8. The highest BCUT2D eigenvalue weighted by Gasteiger charge is 2.36. The normalized spacial score (nSPS) is 11.6. The first kappa shape index (κ1) is 28.2. The van der Waals surface area contributed by atoms with Gasteiger partial charge in [-0.2, -0.15) is 13.2 Å². The number of anilines is 2. The molecule has 1 heterocycles. The average molecular weight is 534 g/mol. The number of carbonyl (C=O) groups excluding carboxylic acids is 3. The molecular weight excluding hydrogens is 507 g/mol. The number of Topliss-reactive ketones (excluding diaryl/α,β-unsaturated/α-hetero) is 1. The van der Waals surface area contributed by atoms with Gasteiger partial charge in [0.2, 0.25) is 5.91 Å². The number of nitrogens with zero attached hydrogens (tertiary/aromatic N) is 3. The second kappa shape index (κ2) is 11.3. The van der Waals surface area contributed by atoms with Gasteiger partial charge in [0.25, 0.3) is 0 Å². The van der Waals surface area contributed by atoms with E-state index in [1.807, 2.05) is 0 Å². The van der Waals surface area contributed by atoms with Crippen LogP contribution in [0.5, 0.6) is 5.75 Å². The molecule has 0 saturated carbocycles. The molecule has 0 aliphatic rings. The summed E-state index contributed by atoms with van der Waals surface area (Å²) in [6.07, 6.45) is -3.44. The Morgan fingerprint density at radius 1 is 1.03 bits per heavy atom. The minimum absolute atomic E-state index is 0.0805. The molecule has 0 aliphatic heterocycles. The number of benzene rings is 2. The van der Waals surface area contributed by atoms with Crippen molar-refractivity contribution < 1.29 is 37.0 Å². The van der Waals surface area contributed by atoms with Gasteiger partial charge in [0, 0.05) is 11.6 Å². The number of carbonyl (C=O) groups is 3. The summed E-state index contributed by atoms with van der Waals surface area (Å²) in [7, 11) is 0. The fraction of sp³-hybridized carbons (Fsp3) is 0.320. The van der Waals surface area contributed by atoms with Crippen LogP contribution >= 0.6 is 0 Å². The molecule has 10 nitrogen and oxygen atoms in total. The van der Waals surface area contributed by atoms with Crippen LogP contribution in [0.2, 0.25) is 0 Å². The third-order valence-electron chi connectivity index (χ3n) is 4.81. The van der Waals surface area contributed by atoms with Crippen molar-refractivity contribution in [3.8, 4) is 11.4 Å². The third kappa shape index (κ3) is 7.54. The number of ketones is 1. The number of ether oxygens (including phenoxy) is 2. The molecule has 2 aromatic carbocycles. The minimum Gasteiger partial charge on any atom is -0.493 e. The number of hydrogen-bond acceptors (Lipinski definition) is 7. The van der Waals surface area contributed by atoms with Crippen LogP contribution in [-0.2, 0) is 15.7 Å². The lowest BCUT2D eigenvalue weighted by Gasteiger charge is -2.22. The van der Waals surface area contributed by atoms with Crippen molar-refractivity contribution in [2.24, 2.45) is 0 Å². The van der Waals surface area contributed by atoms with Gasteiger partial charge in [-0.25, -0.2) is 9.48 Å². The van der Waals surface area contributed by atoms with Crippen molar-refractivity contribution in [1.82, 2.24) is 15.0 Å². The maximum atomic E-state index is 13.7. The monoisotopic (exact) mass is 533 g/mol. The van der Waals surface area contributed by atoms with E-state index < -0.39 is 47.3 Å². The first-order valence-electron chi connectivity index (χ1n) is 11.4. The van der Waals surface area contributed by atoms with Crippen LogP contribution in [0.15, 0.2) is 48.8 Å². The molecule has 0 fully saturated rings. The lowest BCUT2D eigenvalue weighted by molar-refractivity contribution is -0.138.